The minimum Gasteiger partial charge on any atom is -0.497 e. The lowest BCUT2D eigenvalue weighted by atomic mass is 10.1. The third-order valence-corrected chi connectivity index (χ3v) is 2.47. The Labute approximate surface area is 99.1 Å². The number of aliphatic hydroxyl groups excluding tert-OH is 1. The first-order chi connectivity index (χ1) is 8.24. The van der Waals surface area contributed by atoms with E-state index in [1.54, 1.807) is 38.5 Å². The number of benzene rings is 1. The molecule has 1 aromatic rings. The highest BCUT2D eigenvalue weighted by molar-refractivity contribution is 5.41. The average molecular weight is 238 g/mol. The Balaban J connectivity index is 2.30. The fourth-order valence-electron chi connectivity index (χ4n) is 1.56. The number of hydrogen-bond acceptors (Lipinski definition) is 5. The summed E-state index contributed by atoms with van der Waals surface area (Å²) in [6.07, 6.45) is 0.790. The second-order valence-corrected chi connectivity index (χ2v) is 3.52. The van der Waals surface area contributed by atoms with Gasteiger partial charge in [0, 0.05) is 6.07 Å². The van der Waals surface area contributed by atoms with Crippen LogP contribution in [0.1, 0.15) is 11.7 Å². The predicted molar refractivity (Wildman–Crippen MR) is 59.6 cm³/mol. The minimum atomic E-state index is -0.888. The Morgan fingerprint density at radius 3 is 2.29 bits per heavy atom. The molecule has 0 aromatic heterocycles. The smallest absolute Gasteiger partial charge is 0.173 e. The zero-order chi connectivity index (χ0) is 12.3. The zero-order valence-corrected chi connectivity index (χ0v) is 9.67. The summed E-state index contributed by atoms with van der Waals surface area (Å²) in [6.45, 7) is 0.341. The maximum Gasteiger partial charge on any atom is 0.173 e. The van der Waals surface area contributed by atoms with Crippen molar-refractivity contribution in [3.05, 3.63) is 35.6 Å². The van der Waals surface area contributed by atoms with Crippen molar-refractivity contribution in [2.45, 2.75) is 6.10 Å². The molecular formula is C12H14O5. The Morgan fingerprint density at radius 2 is 1.82 bits per heavy atom. The van der Waals surface area contributed by atoms with Gasteiger partial charge in [-0.1, -0.05) is 0 Å². The predicted octanol–water partition coefficient (Wildman–Crippen LogP) is 1.58. The van der Waals surface area contributed by atoms with Crippen molar-refractivity contribution < 1.29 is 24.4 Å². The molecule has 1 unspecified atom stereocenters. The first kappa shape index (κ1) is 11.8. The van der Waals surface area contributed by atoms with E-state index in [1.807, 2.05) is 0 Å². The topological polar surface area (TPSA) is 57.2 Å². The van der Waals surface area contributed by atoms with Gasteiger partial charge in [0.05, 0.1) is 14.2 Å². The van der Waals surface area contributed by atoms with Gasteiger partial charge in [-0.05, 0) is 23.8 Å². The van der Waals surface area contributed by atoms with Gasteiger partial charge >= 0.3 is 0 Å². The van der Waals surface area contributed by atoms with Crippen LogP contribution in [0.3, 0.4) is 0 Å². The fraction of sp³-hybridized carbons (Fsp3) is 0.333. The molecular weight excluding hydrogens is 224 g/mol. The van der Waals surface area contributed by atoms with E-state index in [0.717, 1.165) is 0 Å². The molecule has 1 atom stereocenters. The largest absolute Gasteiger partial charge is 0.497 e. The molecule has 0 saturated carbocycles. The van der Waals surface area contributed by atoms with Crippen LogP contribution in [0.2, 0.25) is 0 Å². The molecule has 1 N–H and O–H groups in total. The molecule has 5 heteroatoms. The first-order valence-electron chi connectivity index (χ1n) is 5.15. The van der Waals surface area contributed by atoms with Crippen molar-refractivity contribution in [2.24, 2.45) is 0 Å². The quantitative estimate of drug-likeness (QED) is 0.807. The molecule has 5 nitrogen and oxygen atoms in total. The van der Waals surface area contributed by atoms with Crippen molar-refractivity contribution in [3.8, 4) is 11.5 Å². The Morgan fingerprint density at radius 1 is 1.18 bits per heavy atom. The van der Waals surface area contributed by atoms with Gasteiger partial charge in [-0.25, -0.2) is 0 Å². The van der Waals surface area contributed by atoms with Crippen LogP contribution in [-0.2, 0) is 9.78 Å². The second-order valence-electron chi connectivity index (χ2n) is 3.52. The minimum absolute atomic E-state index is 0.341. The van der Waals surface area contributed by atoms with Crippen molar-refractivity contribution in [3.63, 3.8) is 0 Å². The number of rotatable bonds is 4. The molecule has 1 heterocycles. The summed E-state index contributed by atoms with van der Waals surface area (Å²) in [4.78, 5) is 9.54. The van der Waals surface area contributed by atoms with Gasteiger partial charge in [-0.15, -0.1) is 0 Å². The van der Waals surface area contributed by atoms with Gasteiger partial charge in [-0.2, -0.15) is 4.89 Å². The third-order valence-electron chi connectivity index (χ3n) is 2.47. The van der Waals surface area contributed by atoms with Crippen LogP contribution in [0.5, 0.6) is 11.5 Å². The lowest BCUT2D eigenvalue weighted by Crippen LogP contribution is -2.02. The average Bonchev–Trinajstić information content (AvgIpc) is 2.91. The molecule has 1 aliphatic heterocycles. The van der Waals surface area contributed by atoms with Gasteiger partial charge in [0.25, 0.3) is 0 Å². The van der Waals surface area contributed by atoms with Crippen molar-refractivity contribution >= 4 is 0 Å². The highest BCUT2D eigenvalue weighted by Gasteiger charge is 2.21. The van der Waals surface area contributed by atoms with Crippen molar-refractivity contribution in [1.82, 2.24) is 0 Å². The van der Waals surface area contributed by atoms with E-state index in [0.29, 0.717) is 29.4 Å². The zero-order valence-electron chi connectivity index (χ0n) is 9.67. The van der Waals surface area contributed by atoms with Crippen LogP contribution in [0.25, 0.3) is 0 Å². The standard InChI is InChI=1S/C12H14O5/c1-14-9-5-8(6-10(7-9)15-2)12(13)11-3-4-16-17-11/h3,5-7,12-13H,4H2,1-2H3. The van der Waals surface area contributed by atoms with Crippen LogP contribution in [0.4, 0.5) is 0 Å². The van der Waals surface area contributed by atoms with Crippen LogP contribution in [0, 0.1) is 0 Å². The van der Waals surface area contributed by atoms with E-state index in [1.165, 1.54) is 0 Å². The maximum absolute atomic E-state index is 10.1. The molecule has 0 radical (unpaired) electrons. The highest BCUT2D eigenvalue weighted by atomic mass is 17.2. The van der Waals surface area contributed by atoms with Crippen molar-refractivity contribution in [1.29, 1.82) is 0 Å². The summed E-state index contributed by atoms with van der Waals surface area (Å²) in [7, 11) is 3.11. The molecule has 2 rings (SSSR count). The van der Waals surface area contributed by atoms with E-state index < -0.39 is 6.10 Å². The van der Waals surface area contributed by atoms with Crippen molar-refractivity contribution in [2.75, 3.05) is 20.8 Å². The van der Waals surface area contributed by atoms with Crippen LogP contribution in [-0.4, -0.2) is 25.9 Å². The third kappa shape index (κ3) is 2.51. The fourth-order valence-corrected chi connectivity index (χ4v) is 1.56. The highest BCUT2D eigenvalue weighted by Crippen LogP contribution is 2.31. The lowest BCUT2D eigenvalue weighted by Gasteiger charge is -2.13. The number of methoxy groups -OCH3 is 2. The summed E-state index contributed by atoms with van der Waals surface area (Å²) < 4.78 is 10.3. The lowest BCUT2D eigenvalue weighted by molar-refractivity contribution is -0.243. The number of aliphatic hydroxyl groups is 1. The summed E-state index contributed by atoms with van der Waals surface area (Å²) in [5.74, 6) is 1.59. The normalized spacial score (nSPS) is 16.1. The monoisotopic (exact) mass is 238 g/mol. The molecule has 0 aliphatic carbocycles. The van der Waals surface area contributed by atoms with Crippen LogP contribution in [0.15, 0.2) is 30.0 Å². The van der Waals surface area contributed by atoms with E-state index in [9.17, 15) is 5.11 Å². The molecule has 17 heavy (non-hydrogen) atoms. The second kappa shape index (κ2) is 5.07. The molecule has 0 spiro atoms. The van der Waals surface area contributed by atoms with Gasteiger partial charge in [0.15, 0.2) is 5.76 Å². The molecule has 1 aromatic carbocycles. The molecule has 1 aliphatic rings. The molecule has 0 saturated heterocycles. The van der Waals surface area contributed by atoms with E-state index in [-0.39, 0.29) is 0 Å². The summed E-state index contributed by atoms with van der Waals surface area (Å²) in [5, 5.41) is 10.1. The van der Waals surface area contributed by atoms with E-state index in [2.05, 4.69) is 0 Å². The van der Waals surface area contributed by atoms with Gasteiger partial charge < -0.3 is 19.5 Å². The number of hydrogen-bond donors (Lipinski definition) is 1. The Bertz CT molecular complexity index is 405. The molecule has 0 amide bonds. The van der Waals surface area contributed by atoms with Gasteiger partial charge in [0.1, 0.15) is 24.2 Å². The Kier molecular flexibility index (Phi) is 3.51. The van der Waals surface area contributed by atoms with E-state index in [4.69, 9.17) is 19.2 Å². The van der Waals surface area contributed by atoms with Crippen LogP contribution < -0.4 is 9.47 Å². The maximum atomic E-state index is 10.1. The summed E-state index contributed by atoms with van der Waals surface area (Å²) in [5.41, 5.74) is 0.623. The first-order valence-corrected chi connectivity index (χ1v) is 5.15. The Hall–Kier alpha value is -1.72. The van der Waals surface area contributed by atoms with Crippen LogP contribution >= 0.6 is 0 Å². The SMILES string of the molecule is COc1cc(OC)cc(C(O)C2=CCOO2)c1. The number of ether oxygens (including phenoxy) is 2. The van der Waals surface area contributed by atoms with E-state index >= 15 is 0 Å². The summed E-state index contributed by atoms with van der Waals surface area (Å²) in [6, 6.07) is 5.17. The van der Waals surface area contributed by atoms with Gasteiger partial charge in [0.2, 0.25) is 0 Å². The molecule has 0 fully saturated rings. The van der Waals surface area contributed by atoms with Gasteiger partial charge in [-0.3, -0.25) is 0 Å². The molecule has 92 valence electrons. The summed E-state index contributed by atoms with van der Waals surface area (Å²) >= 11 is 0. The molecule has 0 bridgehead atoms.